The lowest BCUT2D eigenvalue weighted by Crippen LogP contribution is -2.46. The number of likely N-dealkylation sites (N-methyl/N-ethyl adjacent to an activating group) is 1. The number of nitrogens with zero attached hydrogens (tertiary/aromatic N) is 5. The summed E-state index contributed by atoms with van der Waals surface area (Å²) >= 11 is 0. The number of aryl methyl sites for hydroxylation is 1. The van der Waals surface area contributed by atoms with Gasteiger partial charge in [0.25, 0.3) is 11.5 Å². The van der Waals surface area contributed by atoms with E-state index >= 15 is 0 Å². The van der Waals surface area contributed by atoms with E-state index in [4.69, 9.17) is 0 Å². The molecule has 0 bridgehead atoms. The molecule has 3 heterocycles. The summed E-state index contributed by atoms with van der Waals surface area (Å²) in [4.78, 5) is 42.6. The van der Waals surface area contributed by atoms with Gasteiger partial charge in [0.15, 0.2) is 5.56 Å². The third kappa shape index (κ3) is 4.66. The van der Waals surface area contributed by atoms with E-state index in [0.717, 1.165) is 25.9 Å². The molecule has 4 rings (SSSR count). The summed E-state index contributed by atoms with van der Waals surface area (Å²) in [6, 6.07) is 0.0454. The standard InChI is InChI=1S/C23H32N6O4/c1-14(2)13-28-21-17(7-8-18(30)27-11-9-26(4)10-12-27)15(3)25-29(21)23(33)19(22(28)32)20(31)24-16-5-6-16/h7-8,14,16,32H,5-6,9-13H2,1-4H3,(H,24,31)/b8-7+. The topological polar surface area (TPSA) is 112 Å². The molecule has 0 atom stereocenters. The first-order valence-corrected chi connectivity index (χ1v) is 11.5. The van der Waals surface area contributed by atoms with Gasteiger partial charge in [-0.3, -0.25) is 19.0 Å². The number of fused-ring (bicyclic) bond motifs is 1. The predicted molar refractivity (Wildman–Crippen MR) is 124 cm³/mol. The van der Waals surface area contributed by atoms with Crippen LogP contribution in [0.5, 0.6) is 5.88 Å². The Morgan fingerprint density at radius 3 is 2.48 bits per heavy atom. The van der Waals surface area contributed by atoms with Gasteiger partial charge in [0.05, 0.1) is 5.69 Å². The molecular weight excluding hydrogens is 424 g/mol. The highest BCUT2D eigenvalue weighted by atomic mass is 16.3. The first kappa shape index (κ1) is 23.0. The highest BCUT2D eigenvalue weighted by Crippen LogP contribution is 2.26. The zero-order valence-corrected chi connectivity index (χ0v) is 19.7. The summed E-state index contributed by atoms with van der Waals surface area (Å²) < 4.78 is 2.72. The lowest BCUT2D eigenvalue weighted by atomic mass is 10.1. The minimum atomic E-state index is -0.672. The van der Waals surface area contributed by atoms with Crippen LogP contribution in [0.15, 0.2) is 10.9 Å². The van der Waals surface area contributed by atoms with Crippen molar-refractivity contribution in [3.05, 3.63) is 33.3 Å². The van der Waals surface area contributed by atoms with E-state index in [-0.39, 0.29) is 29.3 Å². The fraction of sp³-hybridized carbons (Fsp3) is 0.565. The molecule has 0 aromatic carbocycles. The fourth-order valence-electron chi connectivity index (χ4n) is 4.07. The lowest BCUT2D eigenvalue weighted by molar-refractivity contribution is -0.127. The molecule has 10 heteroatoms. The zero-order valence-electron chi connectivity index (χ0n) is 19.7. The maximum absolute atomic E-state index is 13.2. The Balaban J connectivity index is 1.77. The Kier molecular flexibility index (Phi) is 6.29. The van der Waals surface area contributed by atoms with Crippen molar-refractivity contribution in [2.75, 3.05) is 33.2 Å². The number of carbonyl (C=O) groups excluding carboxylic acids is 2. The molecule has 178 valence electrons. The van der Waals surface area contributed by atoms with Crippen LogP contribution in [0.25, 0.3) is 11.7 Å². The van der Waals surface area contributed by atoms with Crippen molar-refractivity contribution in [3.8, 4) is 5.88 Å². The summed E-state index contributed by atoms with van der Waals surface area (Å²) in [6.07, 6.45) is 4.88. The molecule has 33 heavy (non-hydrogen) atoms. The average Bonchev–Trinajstić information content (AvgIpc) is 3.50. The fourth-order valence-corrected chi connectivity index (χ4v) is 4.07. The second-order valence-electron chi connectivity index (χ2n) is 9.45. The van der Waals surface area contributed by atoms with Gasteiger partial charge < -0.3 is 20.2 Å². The molecule has 1 saturated carbocycles. The van der Waals surface area contributed by atoms with Gasteiger partial charge in [-0.05, 0) is 38.8 Å². The second-order valence-corrected chi connectivity index (χ2v) is 9.45. The van der Waals surface area contributed by atoms with Crippen LogP contribution in [0.1, 0.15) is 48.3 Å². The molecule has 0 radical (unpaired) electrons. The van der Waals surface area contributed by atoms with Crippen LogP contribution in [0, 0.1) is 12.8 Å². The number of piperazine rings is 1. The normalized spacial score (nSPS) is 17.4. The molecule has 0 unspecified atom stereocenters. The smallest absolute Gasteiger partial charge is 0.291 e. The maximum Gasteiger partial charge on any atom is 0.291 e. The van der Waals surface area contributed by atoms with Gasteiger partial charge in [-0.2, -0.15) is 9.61 Å². The third-order valence-corrected chi connectivity index (χ3v) is 6.12. The number of hydrogen-bond donors (Lipinski definition) is 2. The van der Waals surface area contributed by atoms with Gasteiger partial charge in [-0.25, -0.2) is 0 Å². The summed E-state index contributed by atoms with van der Waals surface area (Å²) in [6.45, 7) is 9.04. The van der Waals surface area contributed by atoms with Gasteiger partial charge in [0.1, 0.15) is 5.65 Å². The largest absolute Gasteiger partial charge is 0.494 e. The van der Waals surface area contributed by atoms with Gasteiger partial charge in [-0.1, -0.05) is 13.8 Å². The molecule has 2 fully saturated rings. The first-order chi connectivity index (χ1) is 15.7. The Morgan fingerprint density at radius 1 is 1.21 bits per heavy atom. The minimum absolute atomic E-state index is 0.0454. The number of aromatic hydroxyl groups is 1. The number of amides is 2. The molecule has 2 amide bonds. The number of nitrogens with one attached hydrogen (secondary N) is 1. The average molecular weight is 457 g/mol. The third-order valence-electron chi connectivity index (χ3n) is 6.12. The maximum atomic E-state index is 13.2. The molecule has 1 aliphatic carbocycles. The highest BCUT2D eigenvalue weighted by molar-refractivity contribution is 5.97. The number of rotatable bonds is 6. The van der Waals surface area contributed by atoms with Crippen LogP contribution >= 0.6 is 0 Å². The van der Waals surface area contributed by atoms with Crippen molar-refractivity contribution in [2.24, 2.45) is 5.92 Å². The summed E-state index contributed by atoms with van der Waals surface area (Å²) in [7, 11) is 2.03. The number of carbonyl (C=O) groups is 2. The van der Waals surface area contributed by atoms with Crippen LogP contribution < -0.4 is 10.9 Å². The van der Waals surface area contributed by atoms with E-state index in [1.807, 2.05) is 20.9 Å². The van der Waals surface area contributed by atoms with Crippen molar-refractivity contribution in [3.63, 3.8) is 0 Å². The minimum Gasteiger partial charge on any atom is -0.494 e. The Morgan fingerprint density at radius 2 is 1.88 bits per heavy atom. The van der Waals surface area contributed by atoms with E-state index in [9.17, 15) is 19.5 Å². The zero-order chi connectivity index (χ0) is 23.9. The monoisotopic (exact) mass is 456 g/mol. The quantitative estimate of drug-likeness (QED) is 0.623. The molecule has 1 aliphatic heterocycles. The van der Waals surface area contributed by atoms with Crippen molar-refractivity contribution in [2.45, 2.75) is 46.2 Å². The molecular formula is C23H32N6O4. The van der Waals surface area contributed by atoms with Gasteiger partial charge in [-0.15, -0.1) is 0 Å². The molecule has 0 spiro atoms. The summed E-state index contributed by atoms with van der Waals surface area (Å²) in [5.41, 5.74) is 0.496. The SMILES string of the molecule is Cc1nn2c(=O)c(C(=O)NC3CC3)c(O)n(CC(C)C)c2c1/C=C/C(=O)N1CCN(C)CC1. The molecule has 1 saturated heterocycles. The summed E-state index contributed by atoms with van der Waals surface area (Å²) in [5, 5.41) is 18.2. The van der Waals surface area contributed by atoms with E-state index < -0.39 is 11.5 Å². The van der Waals surface area contributed by atoms with Crippen molar-refractivity contribution in [1.29, 1.82) is 0 Å². The Hall–Kier alpha value is -3.14. The second kappa shape index (κ2) is 9.01. The molecule has 10 nitrogen and oxygen atoms in total. The van der Waals surface area contributed by atoms with Crippen LogP contribution in [0.2, 0.25) is 0 Å². The van der Waals surface area contributed by atoms with Crippen molar-refractivity contribution >= 4 is 23.5 Å². The Bertz CT molecular complexity index is 1170. The van der Waals surface area contributed by atoms with Crippen LogP contribution in [-0.4, -0.2) is 80.2 Å². The van der Waals surface area contributed by atoms with Crippen LogP contribution in [0.4, 0.5) is 0 Å². The number of aromatic nitrogens is 3. The Labute approximate surface area is 192 Å². The van der Waals surface area contributed by atoms with Crippen molar-refractivity contribution < 1.29 is 14.7 Å². The van der Waals surface area contributed by atoms with Gasteiger partial charge in [0, 0.05) is 50.4 Å². The molecule has 2 N–H and O–H groups in total. The number of hydrogen-bond acceptors (Lipinski definition) is 6. The van der Waals surface area contributed by atoms with E-state index in [0.29, 0.717) is 36.5 Å². The highest BCUT2D eigenvalue weighted by Gasteiger charge is 2.30. The van der Waals surface area contributed by atoms with Gasteiger partial charge >= 0.3 is 0 Å². The van der Waals surface area contributed by atoms with E-state index in [1.165, 1.54) is 10.6 Å². The van der Waals surface area contributed by atoms with Crippen molar-refractivity contribution in [1.82, 2.24) is 29.3 Å². The lowest BCUT2D eigenvalue weighted by Gasteiger charge is -2.31. The van der Waals surface area contributed by atoms with Crippen LogP contribution in [-0.2, 0) is 11.3 Å². The van der Waals surface area contributed by atoms with Gasteiger partial charge in [0.2, 0.25) is 11.8 Å². The van der Waals surface area contributed by atoms with E-state index in [2.05, 4.69) is 15.3 Å². The summed E-state index contributed by atoms with van der Waals surface area (Å²) in [5.74, 6) is -0.945. The van der Waals surface area contributed by atoms with Crippen LogP contribution in [0.3, 0.4) is 0 Å². The van der Waals surface area contributed by atoms with E-state index in [1.54, 1.807) is 22.5 Å². The first-order valence-electron chi connectivity index (χ1n) is 11.5. The molecule has 2 aromatic heterocycles. The molecule has 2 aromatic rings. The molecule has 2 aliphatic rings. The predicted octanol–water partition coefficient (Wildman–Crippen LogP) is 0.845.